The number of anilines is 1. The highest BCUT2D eigenvalue weighted by Gasteiger charge is 2.55. The molecule has 4 rings (SSSR count). The van der Waals surface area contributed by atoms with Crippen LogP contribution in [0.15, 0.2) is 60.7 Å². The van der Waals surface area contributed by atoms with Crippen molar-refractivity contribution < 1.29 is 24.2 Å². The predicted molar refractivity (Wildman–Crippen MR) is 122 cm³/mol. The molecule has 0 bridgehead atoms. The maximum absolute atomic E-state index is 13.7. The van der Waals surface area contributed by atoms with Crippen molar-refractivity contribution in [3.05, 3.63) is 87.4 Å². The third-order valence-electron chi connectivity index (χ3n) is 5.55. The van der Waals surface area contributed by atoms with Gasteiger partial charge in [0.2, 0.25) is 0 Å². The molecule has 0 aromatic heterocycles. The van der Waals surface area contributed by atoms with E-state index in [0.717, 1.165) is 0 Å². The van der Waals surface area contributed by atoms with Gasteiger partial charge in [-0.3, -0.25) is 9.59 Å². The van der Waals surface area contributed by atoms with E-state index in [0.29, 0.717) is 22.6 Å². The molecule has 0 spiro atoms. The summed E-state index contributed by atoms with van der Waals surface area (Å²) in [6, 6.07) is 15.9. The summed E-state index contributed by atoms with van der Waals surface area (Å²) in [6.07, 6.45) is 0. The van der Waals surface area contributed by atoms with Gasteiger partial charge in [0.05, 0.1) is 30.8 Å². The number of rotatable bonds is 6. The smallest absolute Gasteiger partial charge is 0.262 e. The van der Waals surface area contributed by atoms with Gasteiger partial charge in [0.15, 0.2) is 11.4 Å². The van der Waals surface area contributed by atoms with Crippen LogP contribution in [0.4, 0.5) is 5.69 Å². The van der Waals surface area contributed by atoms with E-state index in [1.807, 2.05) is 0 Å². The molecule has 3 aromatic rings. The lowest BCUT2D eigenvalue weighted by Crippen LogP contribution is -2.44. The number of ketones is 1. The van der Waals surface area contributed by atoms with Crippen LogP contribution < -0.4 is 14.8 Å². The minimum Gasteiger partial charge on any atom is -0.497 e. The van der Waals surface area contributed by atoms with Gasteiger partial charge in [-0.1, -0.05) is 35.3 Å². The number of carbonyl (C=O) groups is 2. The second kappa shape index (κ2) is 8.47. The van der Waals surface area contributed by atoms with E-state index in [1.165, 1.54) is 26.4 Å². The zero-order valence-electron chi connectivity index (χ0n) is 17.2. The number of methoxy groups -OCH3 is 2. The summed E-state index contributed by atoms with van der Waals surface area (Å²) in [6.45, 7) is 0. The molecule has 1 aliphatic rings. The zero-order valence-corrected chi connectivity index (χ0v) is 18.7. The minimum atomic E-state index is -2.24. The van der Waals surface area contributed by atoms with Crippen molar-refractivity contribution in [3.63, 3.8) is 0 Å². The summed E-state index contributed by atoms with van der Waals surface area (Å²) in [5.41, 5.74) is -1.15. The summed E-state index contributed by atoms with van der Waals surface area (Å²) in [5.74, 6) is -1.36. The molecule has 1 aliphatic heterocycles. The Balaban J connectivity index is 1.91. The SMILES string of the molecule is COc1ccc(C(=O)[C@H](c2ccc(OC)cc2)[C@@]2(O)C(=O)Nc3c(Cl)cc(Cl)cc32)cc1. The second-order valence-electron chi connectivity index (χ2n) is 7.33. The number of halogens is 2. The van der Waals surface area contributed by atoms with E-state index in [9.17, 15) is 14.7 Å². The standard InChI is InChI=1S/C24H19Cl2NO5/c1-31-16-7-3-13(4-8-16)20(22(28)14-5-9-17(32-2)10-6-14)24(30)18-11-15(25)12-19(26)21(18)27-23(24)29/h3-12,20,30H,1-2H3,(H,27,29)/t20-,24+/m0/s1. The van der Waals surface area contributed by atoms with Crippen molar-refractivity contribution in [1.82, 2.24) is 0 Å². The molecule has 0 saturated heterocycles. The molecule has 6 nitrogen and oxygen atoms in total. The molecule has 0 fully saturated rings. The molecule has 2 N–H and O–H groups in total. The summed E-state index contributed by atoms with van der Waals surface area (Å²) >= 11 is 12.4. The van der Waals surface area contributed by atoms with Crippen molar-refractivity contribution in [1.29, 1.82) is 0 Å². The van der Waals surface area contributed by atoms with Crippen molar-refractivity contribution in [2.75, 3.05) is 19.5 Å². The molecule has 0 aliphatic carbocycles. The van der Waals surface area contributed by atoms with E-state index in [4.69, 9.17) is 32.7 Å². The highest BCUT2D eigenvalue weighted by molar-refractivity contribution is 6.38. The summed E-state index contributed by atoms with van der Waals surface area (Å²) in [4.78, 5) is 26.9. The molecular weight excluding hydrogens is 453 g/mol. The average Bonchev–Trinajstić information content (AvgIpc) is 3.05. The van der Waals surface area contributed by atoms with E-state index in [-0.39, 0.29) is 21.3 Å². The van der Waals surface area contributed by atoms with Crippen LogP contribution in [0.5, 0.6) is 11.5 Å². The lowest BCUT2D eigenvalue weighted by molar-refractivity contribution is -0.135. The molecule has 0 saturated carbocycles. The summed E-state index contributed by atoms with van der Waals surface area (Å²) in [7, 11) is 3.04. The Morgan fingerprint density at radius 2 is 1.53 bits per heavy atom. The Morgan fingerprint density at radius 1 is 0.969 bits per heavy atom. The Hall–Kier alpha value is -3.06. The molecule has 164 valence electrons. The number of fused-ring (bicyclic) bond motifs is 1. The fourth-order valence-corrected chi connectivity index (χ4v) is 4.46. The number of amides is 1. The number of hydrogen-bond acceptors (Lipinski definition) is 5. The Labute approximate surface area is 194 Å². The van der Waals surface area contributed by atoms with Crippen molar-refractivity contribution in [3.8, 4) is 11.5 Å². The van der Waals surface area contributed by atoms with E-state index < -0.39 is 23.2 Å². The third-order valence-corrected chi connectivity index (χ3v) is 6.07. The van der Waals surface area contributed by atoms with Gasteiger partial charge in [0.25, 0.3) is 5.91 Å². The second-order valence-corrected chi connectivity index (χ2v) is 8.17. The molecule has 8 heteroatoms. The van der Waals surface area contributed by atoms with Gasteiger partial charge in [-0.15, -0.1) is 0 Å². The highest BCUT2D eigenvalue weighted by atomic mass is 35.5. The number of nitrogens with one attached hydrogen (secondary N) is 1. The first-order valence-electron chi connectivity index (χ1n) is 9.65. The maximum Gasteiger partial charge on any atom is 0.262 e. The number of hydrogen-bond donors (Lipinski definition) is 2. The van der Waals surface area contributed by atoms with E-state index in [1.54, 1.807) is 48.5 Å². The fraction of sp³-hybridized carbons (Fsp3) is 0.167. The molecule has 0 unspecified atom stereocenters. The monoisotopic (exact) mass is 471 g/mol. The number of Topliss-reactive ketones (excluding diaryl/α,β-unsaturated/α-hetero) is 1. The lowest BCUT2D eigenvalue weighted by atomic mass is 9.74. The average molecular weight is 472 g/mol. The van der Waals surface area contributed by atoms with Gasteiger partial charge >= 0.3 is 0 Å². The van der Waals surface area contributed by atoms with E-state index >= 15 is 0 Å². The van der Waals surface area contributed by atoms with Crippen molar-refractivity contribution >= 4 is 40.6 Å². The Bertz CT molecular complexity index is 1190. The molecule has 32 heavy (non-hydrogen) atoms. The quantitative estimate of drug-likeness (QED) is 0.503. The Morgan fingerprint density at radius 3 is 2.09 bits per heavy atom. The molecule has 1 heterocycles. The predicted octanol–water partition coefficient (Wildman–Crippen LogP) is 4.82. The highest BCUT2D eigenvalue weighted by Crippen LogP contribution is 2.50. The first-order chi connectivity index (χ1) is 15.3. The van der Waals surface area contributed by atoms with Gasteiger partial charge in [-0.05, 0) is 54.1 Å². The number of carbonyl (C=O) groups excluding carboxylic acids is 2. The molecular formula is C24H19Cl2NO5. The molecule has 2 atom stereocenters. The van der Waals surface area contributed by atoms with Crippen LogP contribution in [0.2, 0.25) is 10.0 Å². The van der Waals surface area contributed by atoms with Crippen LogP contribution in [0.25, 0.3) is 0 Å². The van der Waals surface area contributed by atoms with Gasteiger partial charge in [-0.2, -0.15) is 0 Å². The largest absolute Gasteiger partial charge is 0.497 e. The minimum absolute atomic E-state index is 0.141. The van der Waals surface area contributed by atoms with E-state index in [2.05, 4.69) is 5.32 Å². The first kappa shape index (κ1) is 22.1. The zero-order chi connectivity index (χ0) is 23.0. The van der Waals surface area contributed by atoms with Gasteiger partial charge in [0, 0.05) is 16.1 Å². The number of ether oxygens (including phenoxy) is 2. The van der Waals surface area contributed by atoms with Gasteiger partial charge < -0.3 is 19.9 Å². The maximum atomic E-state index is 13.7. The topological polar surface area (TPSA) is 84.9 Å². The fourth-order valence-electron chi connectivity index (χ4n) is 3.92. The lowest BCUT2D eigenvalue weighted by Gasteiger charge is -2.31. The van der Waals surface area contributed by atoms with Gasteiger partial charge in [0.1, 0.15) is 11.5 Å². The van der Waals surface area contributed by atoms with Crippen LogP contribution in [-0.2, 0) is 10.4 Å². The van der Waals surface area contributed by atoms with Crippen molar-refractivity contribution in [2.45, 2.75) is 11.5 Å². The van der Waals surface area contributed by atoms with Crippen LogP contribution in [0.1, 0.15) is 27.4 Å². The number of benzene rings is 3. The van der Waals surface area contributed by atoms with Crippen LogP contribution in [0.3, 0.4) is 0 Å². The van der Waals surface area contributed by atoms with Crippen LogP contribution >= 0.6 is 23.2 Å². The normalized spacial score (nSPS) is 18.0. The van der Waals surface area contributed by atoms with Crippen LogP contribution in [0, 0.1) is 0 Å². The summed E-state index contributed by atoms with van der Waals surface area (Å²) < 4.78 is 10.4. The summed E-state index contributed by atoms with van der Waals surface area (Å²) in [5, 5.41) is 14.8. The molecule has 0 radical (unpaired) electrons. The Kier molecular flexibility index (Phi) is 5.86. The first-order valence-corrected chi connectivity index (χ1v) is 10.4. The molecule has 3 aromatic carbocycles. The third kappa shape index (κ3) is 3.60. The van der Waals surface area contributed by atoms with Gasteiger partial charge in [-0.25, -0.2) is 0 Å². The molecule has 1 amide bonds. The van der Waals surface area contributed by atoms with Crippen molar-refractivity contribution in [2.24, 2.45) is 0 Å². The number of aliphatic hydroxyl groups is 1. The van der Waals surface area contributed by atoms with Crippen LogP contribution in [-0.4, -0.2) is 31.0 Å².